The van der Waals surface area contributed by atoms with Gasteiger partial charge in [0.05, 0.1) is 0 Å². The molecule has 0 saturated carbocycles. The van der Waals surface area contributed by atoms with E-state index in [0.717, 1.165) is 29.2 Å². The maximum absolute atomic E-state index is 12.4. The molecule has 0 unspecified atom stereocenters. The summed E-state index contributed by atoms with van der Waals surface area (Å²) in [6, 6.07) is 14.3. The van der Waals surface area contributed by atoms with Crippen LogP contribution in [0.1, 0.15) is 11.4 Å². The maximum Gasteiger partial charge on any atom is 0.265 e. The number of phenols is 2. The third-order valence-corrected chi connectivity index (χ3v) is 5.31. The molecule has 1 heterocycles. The number of hydrogen-bond acceptors (Lipinski definition) is 4. The number of aromatic nitrogens is 1. The molecule has 0 atom stereocenters. The zero-order chi connectivity index (χ0) is 18.2. The Bertz CT molecular complexity index is 1000. The predicted molar refractivity (Wildman–Crippen MR) is 95.8 cm³/mol. The van der Waals surface area contributed by atoms with Crippen LogP contribution in [0.4, 0.5) is 5.69 Å². The summed E-state index contributed by atoms with van der Waals surface area (Å²) in [4.78, 5) is -0.300. The molecule has 0 amide bonds. The normalized spacial score (nSPS) is 11.4. The summed E-state index contributed by atoms with van der Waals surface area (Å²) < 4.78 is 29.3. The molecule has 3 rings (SSSR count). The lowest BCUT2D eigenvalue weighted by molar-refractivity contribution is 0.440. The molecular formula is C18H18N2O4S. The van der Waals surface area contributed by atoms with Crippen molar-refractivity contribution in [1.29, 1.82) is 0 Å². The molecule has 25 heavy (non-hydrogen) atoms. The largest absolute Gasteiger partial charge is 0.508 e. The molecule has 0 radical (unpaired) electrons. The van der Waals surface area contributed by atoms with Gasteiger partial charge in [0, 0.05) is 28.8 Å². The minimum atomic E-state index is -3.96. The topological polar surface area (TPSA) is 91.6 Å². The van der Waals surface area contributed by atoms with Gasteiger partial charge in [0.15, 0.2) is 0 Å². The fourth-order valence-electron chi connectivity index (χ4n) is 2.70. The zero-order valence-corrected chi connectivity index (χ0v) is 14.6. The molecule has 0 saturated heterocycles. The minimum absolute atomic E-state index is 0.210. The van der Waals surface area contributed by atoms with E-state index in [9.17, 15) is 18.6 Å². The van der Waals surface area contributed by atoms with E-state index in [-0.39, 0.29) is 10.6 Å². The second kappa shape index (κ2) is 6.18. The number of nitrogens with zero attached hydrogens (tertiary/aromatic N) is 1. The van der Waals surface area contributed by atoms with Crippen LogP contribution in [-0.4, -0.2) is 23.2 Å². The molecule has 0 aliphatic rings. The summed E-state index contributed by atoms with van der Waals surface area (Å²) in [5, 5.41) is 19.0. The van der Waals surface area contributed by atoms with Crippen molar-refractivity contribution in [3.63, 3.8) is 0 Å². The van der Waals surface area contributed by atoms with E-state index < -0.39 is 15.8 Å². The van der Waals surface area contributed by atoms with Crippen molar-refractivity contribution in [1.82, 2.24) is 4.57 Å². The first-order valence-corrected chi connectivity index (χ1v) is 9.06. The number of benzene rings is 2. The van der Waals surface area contributed by atoms with Gasteiger partial charge in [-0.25, -0.2) is 8.42 Å². The van der Waals surface area contributed by atoms with Gasteiger partial charge in [-0.05, 0) is 62.4 Å². The molecule has 130 valence electrons. The van der Waals surface area contributed by atoms with Crippen LogP contribution in [0.5, 0.6) is 11.5 Å². The van der Waals surface area contributed by atoms with Crippen molar-refractivity contribution in [2.75, 3.05) is 4.72 Å². The van der Waals surface area contributed by atoms with E-state index in [1.807, 2.05) is 38.1 Å². The van der Waals surface area contributed by atoms with E-state index >= 15 is 0 Å². The SMILES string of the molecule is Cc1ccc(C)n1-c1ccc(NS(=O)(=O)c2ccc(O)cc2O)cc1. The molecule has 0 aliphatic carbocycles. The number of nitrogens with one attached hydrogen (secondary N) is 1. The van der Waals surface area contributed by atoms with Crippen molar-refractivity contribution in [3.05, 3.63) is 66.0 Å². The second-order valence-corrected chi connectivity index (χ2v) is 7.41. The Morgan fingerprint density at radius 3 is 2.04 bits per heavy atom. The van der Waals surface area contributed by atoms with Gasteiger partial charge in [-0.15, -0.1) is 0 Å². The first-order chi connectivity index (χ1) is 11.8. The Kier molecular flexibility index (Phi) is 4.18. The fourth-order valence-corrected chi connectivity index (χ4v) is 3.84. The first-order valence-electron chi connectivity index (χ1n) is 7.58. The molecule has 2 aromatic carbocycles. The summed E-state index contributed by atoms with van der Waals surface area (Å²) in [6.45, 7) is 3.99. The second-order valence-electron chi connectivity index (χ2n) is 5.76. The van der Waals surface area contributed by atoms with Gasteiger partial charge in [0.25, 0.3) is 10.0 Å². The molecule has 3 aromatic rings. The highest BCUT2D eigenvalue weighted by molar-refractivity contribution is 7.92. The zero-order valence-electron chi connectivity index (χ0n) is 13.8. The Balaban J connectivity index is 1.88. The highest BCUT2D eigenvalue weighted by atomic mass is 32.2. The summed E-state index contributed by atoms with van der Waals surface area (Å²) in [5.41, 5.74) is 3.47. The molecule has 0 bridgehead atoms. The molecular weight excluding hydrogens is 340 g/mol. The Labute approximate surface area is 146 Å². The molecule has 0 spiro atoms. The Hall–Kier alpha value is -2.93. The van der Waals surface area contributed by atoms with Gasteiger partial charge in [-0.2, -0.15) is 0 Å². The van der Waals surface area contributed by atoms with Crippen LogP contribution >= 0.6 is 0 Å². The van der Waals surface area contributed by atoms with E-state index in [0.29, 0.717) is 5.69 Å². The fraction of sp³-hybridized carbons (Fsp3) is 0.111. The van der Waals surface area contributed by atoms with Crippen LogP contribution in [0.2, 0.25) is 0 Å². The minimum Gasteiger partial charge on any atom is -0.508 e. The lowest BCUT2D eigenvalue weighted by Gasteiger charge is -2.12. The number of phenolic OH excluding ortho intramolecular Hbond substituents is 2. The van der Waals surface area contributed by atoms with Crippen LogP contribution in [-0.2, 0) is 10.0 Å². The van der Waals surface area contributed by atoms with Crippen molar-refractivity contribution < 1.29 is 18.6 Å². The average Bonchev–Trinajstić information content (AvgIpc) is 2.86. The molecule has 6 nitrogen and oxygen atoms in total. The van der Waals surface area contributed by atoms with Crippen LogP contribution < -0.4 is 4.72 Å². The third-order valence-electron chi connectivity index (χ3n) is 3.88. The molecule has 0 aliphatic heterocycles. The number of aromatic hydroxyl groups is 2. The Morgan fingerprint density at radius 1 is 0.880 bits per heavy atom. The summed E-state index contributed by atoms with van der Waals surface area (Å²) in [7, 11) is -3.96. The number of anilines is 1. The van der Waals surface area contributed by atoms with Crippen molar-refractivity contribution in [2.24, 2.45) is 0 Å². The van der Waals surface area contributed by atoms with Crippen LogP contribution in [0.25, 0.3) is 5.69 Å². The average molecular weight is 358 g/mol. The van der Waals surface area contributed by atoms with Crippen LogP contribution in [0.3, 0.4) is 0 Å². The van der Waals surface area contributed by atoms with Gasteiger partial charge < -0.3 is 14.8 Å². The number of rotatable bonds is 4. The van der Waals surface area contributed by atoms with Gasteiger partial charge in [-0.1, -0.05) is 0 Å². The van der Waals surface area contributed by atoms with E-state index in [1.54, 1.807) is 12.1 Å². The quantitative estimate of drug-likeness (QED) is 0.667. The van der Waals surface area contributed by atoms with E-state index in [1.165, 1.54) is 6.07 Å². The summed E-state index contributed by atoms with van der Waals surface area (Å²) >= 11 is 0. The smallest absolute Gasteiger partial charge is 0.265 e. The first kappa shape index (κ1) is 16.9. The van der Waals surface area contributed by atoms with Gasteiger partial charge in [-0.3, -0.25) is 4.72 Å². The van der Waals surface area contributed by atoms with Crippen LogP contribution in [0.15, 0.2) is 59.5 Å². The molecule has 1 aromatic heterocycles. The van der Waals surface area contributed by atoms with Gasteiger partial charge in [0.2, 0.25) is 0 Å². The van der Waals surface area contributed by atoms with Gasteiger partial charge >= 0.3 is 0 Å². The summed E-state index contributed by atoms with van der Waals surface area (Å²) in [6.07, 6.45) is 0. The van der Waals surface area contributed by atoms with E-state index in [2.05, 4.69) is 9.29 Å². The van der Waals surface area contributed by atoms with Crippen LogP contribution in [0, 0.1) is 13.8 Å². The third kappa shape index (κ3) is 3.32. The monoisotopic (exact) mass is 358 g/mol. The predicted octanol–water partition coefficient (Wildman–Crippen LogP) is 3.31. The van der Waals surface area contributed by atoms with Crippen molar-refractivity contribution in [2.45, 2.75) is 18.7 Å². The molecule has 7 heteroatoms. The molecule has 0 fully saturated rings. The number of aryl methyl sites for hydroxylation is 2. The van der Waals surface area contributed by atoms with Crippen molar-refractivity contribution in [3.8, 4) is 17.2 Å². The number of hydrogen-bond donors (Lipinski definition) is 3. The lowest BCUT2D eigenvalue weighted by Crippen LogP contribution is -2.13. The van der Waals surface area contributed by atoms with E-state index in [4.69, 9.17) is 0 Å². The molecule has 3 N–H and O–H groups in total. The lowest BCUT2D eigenvalue weighted by atomic mass is 10.2. The number of sulfonamides is 1. The highest BCUT2D eigenvalue weighted by Gasteiger charge is 2.19. The van der Waals surface area contributed by atoms with Gasteiger partial charge in [0.1, 0.15) is 16.4 Å². The highest BCUT2D eigenvalue weighted by Crippen LogP contribution is 2.28. The summed E-state index contributed by atoms with van der Waals surface area (Å²) in [5.74, 6) is -0.721. The maximum atomic E-state index is 12.4. The Morgan fingerprint density at radius 2 is 1.48 bits per heavy atom. The standard InChI is InChI=1S/C18H18N2O4S/c1-12-3-4-13(2)20(12)15-7-5-14(6-8-15)19-25(23,24)18-10-9-16(21)11-17(18)22/h3-11,19,21-22H,1-2H3. The van der Waals surface area contributed by atoms with Crippen molar-refractivity contribution >= 4 is 15.7 Å².